The third-order valence-corrected chi connectivity index (χ3v) is 4.07. The molecular weight excluding hydrogens is 163 g/mol. The van der Waals surface area contributed by atoms with Crippen molar-refractivity contribution in [1.82, 2.24) is 0 Å². The first kappa shape index (κ1) is 6.86. The van der Waals surface area contributed by atoms with Crippen molar-refractivity contribution in [2.24, 2.45) is 0 Å². The summed E-state index contributed by atoms with van der Waals surface area (Å²) in [5.41, 5.74) is 3.19. The van der Waals surface area contributed by atoms with Crippen molar-refractivity contribution in [3.05, 3.63) is 35.1 Å². The van der Waals surface area contributed by atoms with Gasteiger partial charge in [-0.15, -0.1) is 0 Å². The van der Waals surface area contributed by atoms with E-state index in [0.29, 0.717) is 0 Å². The Kier molecular flexibility index (Phi) is 1.39. The molecule has 1 aromatic carbocycles. The van der Waals surface area contributed by atoms with Crippen molar-refractivity contribution in [1.29, 1.82) is 0 Å². The zero-order valence-corrected chi connectivity index (χ0v) is 7.77. The minimum absolute atomic E-state index is 1.32. The van der Waals surface area contributed by atoms with E-state index in [0.717, 1.165) is 0 Å². The molecule has 0 spiro atoms. The van der Waals surface area contributed by atoms with Gasteiger partial charge in [-0.2, -0.15) is 0 Å². The largest absolute Gasteiger partial charge is 0.0616 e. The number of fused-ring (bicyclic) bond motifs is 2. The molecule has 0 atom stereocenters. The lowest BCUT2D eigenvalue weighted by atomic mass is 10.1. The summed E-state index contributed by atoms with van der Waals surface area (Å²) in [7, 11) is 1.49. The molecule has 0 saturated heterocycles. The molecule has 1 heterocycles. The van der Waals surface area contributed by atoms with E-state index in [1.807, 2.05) is 0 Å². The summed E-state index contributed by atoms with van der Waals surface area (Å²) in [5.74, 6) is 0. The Balaban J connectivity index is 2.18. The monoisotopic (exact) mass is 173 g/mol. The van der Waals surface area contributed by atoms with Gasteiger partial charge in [0, 0.05) is 0 Å². The van der Waals surface area contributed by atoms with Crippen LogP contribution in [0.2, 0.25) is 0 Å². The maximum Gasteiger partial charge on any atom is -0.00741 e. The summed E-state index contributed by atoms with van der Waals surface area (Å²) in [6.07, 6.45) is 4.04. The highest BCUT2D eigenvalue weighted by molar-refractivity contribution is 7.53. The molecule has 1 aliphatic carbocycles. The third-order valence-electron chi connectivity index (χ3n) is 2.67. The number of hydrogen-bond acceptors (Lipinski definition) is 0. The van der Waals surface area contributed by atoms with Crippen LogP contribution in [-0.4, -0.2) is 0 Å². The van der Waals surface area contributed by atoms with Gasteiger partial charge in [0.25, 0.3) is 0 Å². The summed E-state index contributed by atoms with van der Waals surface area (Å²) < 4.78 is 0. The van der Waals surface area contributed by atoms with Crippen LogP contribution in [-0.2, 0) is 0 Å². The average molecular weight is 173 g/mol. The molecule has 1 heteroatoms. The van der Waals surface area contributed by atoms with E-state index < -0.39 is 0 Å². The normalized spacial score (nSPS) is 21.7. The smallest absolute Gasteiger partial charge is 0.00741 e. The Hall–Kier alpha value is -0.610. The van der Waals surface area contributed by atoms with E-state index in [1.165, 1.54) is 38.7 Å². The number of rotatable bonds is 0. The van der Waals surface area contributed by atoms with Gasteiger partial charge in [0.15, 0.2) is 0 Å². The summed E-state index contributed by atoms with van der Waals surface area (Å²) in [5, 5.41) is 3.22. The van der Waals surface area contributed by atoms with Crippen LogP contribution in [0.1, 0.15) is 24.8 Å². The average Bonchev–Trinajstić information content (AvgIpc) is 2.62. The van der Waals surface area contributed by atoms with Crippen LogP contribution in [0, 0.1) is 0 Å². The molecule has 59 valence electrons. The lowest BCUT2D eigenvalue weighted by Gasteiger charge is -2.00. The lowest BCUT2D eigenvalue weighted by molar-refractivity contribution is 0.929. The molecular formula is C11H10P. The van der Waals surface area contributed by atoms with Gasteiger partial charge < -0.3 is 0 Å². The molecule has 0 aromatic heterocycles. The Morgan fingerprint density at radius 1 is 1.08 bits per heavy atom. The zero-order valence-electron chi connectivity index (χ0n) is 6.88. The van der Waals surface area contributed by atoms with Gasteiger partial charge in [0.2, 0.25) is 0 Å². The van der Waals surface area contributed by atoms with Gasteiger partial charge in [-0.1, -0.05) is 24.3 Å². The fourth-order valence-corrected chi connectivity index (χ4v) is 3.53. The maximum atomic E-state index is 2.27. The van der Waals surface area contributed by atoms with E-state index in [1.54, 1.807) is 10.9 Å². The molecule has 12 heavy (non-hydrogen) atoms. The van der Waals surface area contributed by atoms with Crippen LogP contribution in [0.25, 0.3) is 5.57 Å². The molecule has 1 aromatic rings. The second-order valence-corrected chi connectivity index (χ2v) is 4.65. The van der Waals surface area contributed by atoms with Gasteiger partial charge in [-0.3, -0.25) is 0 Å². The molecule has 1 radical (unpaired) electrons. The predicted octanol–water partition coefficient (Wildman–Crippen LogP) is 3.17. The fourth-order valence-electron chi connectivity index (χ4n) is 2.11. The topological polar surface area (TPSA) is 0 Å². The van der Waals surface area contributed by atoms with Crippen molar-refractivity contribution >= 4 is 19.5 Å². The summed E-state index contributed by atoms with van der Waals surface area (Å²) in [6, 6.07) is 8.84. The van der Waals surface area contributed by atoms with Crippen LogP contribution in [0.3, 0.4) is 0 Å². The second-order valence-electron chi connectivity index (χ2n) is 3.41. The quantitative estimate of drug-likeness (QED) is 0.528. The molecule has 0 fully saturated rings. The third kappa shape index (κ3) is 0.820. The van der Waals surface area contributed by atoms with E-state index in [-0.39, 0.29) is 0 Å². The Labute approximate surface area is 74.5 Å². The molecule has 0 amide bonds. The Morgan fingerprint density at radius 3 is 3.00 bits per heavy atom. The summed E-state index contributed by atoms with van der Waals surface area (Å²) >= 11 is 0. The van der Waals surface area contributed by atoms with Crippen LogP contribution in [0.15, 0.2) is 29.6 Å². The van der Waals surface area contributed by atoms with Crippen LogP contribution >= 0.6 is 8.58 Å². The first-order chi connectivity index (χ1) is 5.95. The Morgan fingerprint density at radius 2 is 2.00 bits per heavy atom. The minimum atomic E-state index is 1.32. The number of allylic oxidation sites excluding steroid dienone is 2. The standard InChI is InChI=1S/C11H10P/c1-2-6-10-8(4-1)9-5-3-7-11(9)12-10/h1-2,4,6H,3,5,7H2. The van der Waals surface area contributed by atoms with Gasteiger partial charge in [0.1, 0.15) is 0 Å². The summed E-state index contributed by atoms with van der Waals surface area (Å²) in [4.78, 5) is 0. The van der Waals surface area contributed by atoms with Crippen molar-refractivity contribution < 1.29 is 0 Å². The first-order valence-electron chi connectivity index (χ1n) is 4.48. The first-order valence-corrected chi connectivity index (χ1v) is 5.38. The predicted molar refractivity (Wildman–Crippen MR) is 53.8 cm³/mol. The number of benzene rings is 1. The minimum Gasteiger partial charge on any atom is -0.0616 e. The van der Waals surface area contributed by atoms with Crippen LogP contribution in [0.4, 0.5) is 0 Å². The SMILES string of the molecule is c1ccc2c(c1)[P]C1=C2CCC1. The van der Waals surface area contributed by atoms with Gasteiger partial charge in [0.05, 0.1) is 0 Å². The van der Waals surface area contributed by atoms with E-state index in [2.05, 4.69) is 24.3 Å². The van der Waals surface area contributed by atoms with Gasteiger partial charge in [-0.25, -0.2) is 0 Å². The van der Waals surface area contributed by atoms with Crippen molar-refractivity contribution in [3.63, 3.8) is 0 Å². The molecule has 0 saturated carbocycles. The van der Waals surface area contributed by atoms with Crippen molar-refractivity contribution in [2.75, 3.05) is 0 Å². The van der Waals surface area contributed by atoms with Crippen molar-refractivity contribution in [3.8, 4) is 0 Å². The van der Waals surface area contributed by atoms with E-state index >= 15 is 0 Å². The number of hydrogen-bond donors (Lipinski definition) is 0. The van der Waals surface area contributed by atoms with E-state index in [4.69, 9.17) is 0 Å². The van der Waals surface area contributed by atoms with Gasteiger partial charge in [-0.05, 0) is 49.6 Å². The molecule has 3 rings (SSSR count). The molecule has 1 aliphatic heterocycles. The van der Waals surface area contributed by atoms with E-state index in [9.17, 15) is 0 Å². The molecule has 0 N–H and O–H groups in total. The Bertz CT molecular complexity index is 363. The maximum absolute atomic E-state index is 2.27. The highest BCUT2D eigenvalue weighted by atomic mass is 31.1. The second kappa shape index (κ2) is 2.44. The molecule has 0 nitrogen and oxygen atoms in total. The summed E-state index contributed by atoms with van der Waals surface area (Å²) in [6.45, 7) is 0. The lowest BCUT2D eigenvalue weighted by Crippen LogP contribution is -1.96. The van der Waals surface area contributed by atoms with Gasteiger partial charge >= 0.3 is 0 Å². The fraction of sp³-hybridized carbons (Fsp3) is 0.273. The molecule has 0 unspecified atom stereocenters. The highest BCUT2D eigenvalue weighted by Gasteiger charge is 2.24. The molecule has 0 bridgehead atoms. The van der Waals surface area contributed by atoms with Crippen molar-refractivity contribution in [2.45, 2.75) is 19.3 Å². The van der Waals surface area contributed by atoms with Crippen LogP contribution < -0.4 is 5.30 Å². The zero-order chi connectivity index (χ0) is 7.97. The van der Waals surface area contributed by atoms with Crippen LogP contribution in [0.5, 0.6) is 0 Å². The highest BCUT2D eigenvalue weighted by Crippen LogP contribution is 2.48. The molecule has 2 aliphatic rings.